The molecule has 0 spiro atoms. The average molecular weight is 390 g/mol. The highest BCUT2D eigenvalue weighted by atomic mass is 19.1. The average Bonchev–Trinajstić information content (AvgIpc) is 2.57. The highest BCUT2D eigenvalue weighted by molar-refractivity contribution is 5.97. The standard InChI is InChI=1S/C22H28F2N2O2/c1-14-16(7-6-8-19(14)25-12-21(2,3)4)20(27)26-13-22(5,28)17-10-9-15(23)11-18(17)24/h6-11,25,28H,12-13H2,1-5H3,(H,26,27). The van der Waals surface area contributed by atoms with Gasteiger partial charge in [0.05, 0.1) is 6.54 Å². The fourth-order valence-corrected chi connectivity index (χ4v) is 2.80. The number of hydrogen-bond acceptors (Lipinski definition) is 3. The Labute approximate surface area is 165 Å². The number of anilines is 1. The number of halogens is 2. The Morgan fingerprint density at radius 3 is 2.36 bits per heavy atom. The Hall–Kier alpha value is -2.47. The van der Waals surface area contributed by atoms with E-state index in [4.69, 9.17) is 0 Å². The van der Waals surface area contributed by atoms with E-state index in [2.05, 4.69) is 31.4 Å². The second-order valence-corrected chi connectivity index (χ2v) is 8.47. The fourth-order valence-electron chi connectivity index (χ4n) is 2.80. The van der Waals surface area contributed by atoms with Gasteiger partial charge in [0.2, 0.25) is 0 Å². The zero-order valence-corrected chi connectivity index (χ0v) is 17.0. The molecule has 4 nitrogen and oxygen atoms in total. The van der Waals surface area contributed by atoms with Crippen LogP contribution in [-0.2, 0) is 5.60 Å². The predicted molar refractivity (Wildman–Crippen MR) is 107 cm³/mol. The molecule has 6 heteroatoms. The molecule has 28 heavy (non-hydrogen) atoms. The van der Waals surface area contributed by atoms with Crippen LogP contribution in [0.3, 0.4) is 0 Å². The van der Waals surface area contributed by atoms with E-state index in [1.165, 1.54) is 13.0 Å². The molecule has 0 heterocycles. The maximum Gasteiger partial charge on any atom is 0.251 e. The van der Waals surface area contributed by atoms with E-state index >= 15 is 0 Å². The molecule has 0 aliphatic carbocycles. The van der Waals surface area contributed by atoms with Gasteiger partial charge in [-0.2, -0.15) is 0 Å². The second kappa shape index (κ2) is 8.27. The van der Waals surface area contributed by atoms with Gasteiger partial charge >= 0.3 is 0 Å². The summed E-state index contributed by atoms with van der Waals surface area (Å²) < 4.78 is 27.1. The van der Waals surface area contributed by atoms with Crippen molar-refractivity contribution >= 4 is 11.6 Å². The lowest BCUT2D eigenvalue weighted by Crippen LogP contribution is -2.39. The summed E-state index contributed by atoms with van der Waals surface area (Å²) >= 11 is 0. The van der Waals surface area contributed by atoms with E-state index in [1.807, 2.05) is 13.0 Å². The lowest BCUT2D eigenvalue weighted by molar-refractivity contribution is 0.0494. The molecule has 1 unspecified atom stereocenters. The third kappa shape index (κ3) is 5.52. The van der Waals surface area contributed by atoms with E-state index < -0.39 is 17.2 Å². The summed E-state index contributed by atoms with van der Waals surface area (Å²) in [4.78, 5) is 12.6. The van der Waals surface area contributed by atoms with Crippen LogP contribution in [0, 0.1) is 24.0 Å². The van der Waals surface area contributed by atoms with Gasteiger partial charge in [0.1, 0.15) is 17.2 Å². The third-order valence-corrected chi connectivity index (χ3v) is 4.49. The number of aliphatic hydroxyl groups is 1. The van der Waals surface area contributed by atoms with Crippen molar-refractivity contribution in [2.75, 3.05) is 18.4 Å². The molecule has 0 fully saturated rings. The molecule has 0 radical (unpaired) electrons. The smallest absolute Gasteiger partial charge is 0.251 e. The first-order valence-corrected chi connectivity index (χ1v) is 9.20. The van der Waals surface area contributed by atoms with Gasteiger partial charge in [-0.1, -0.05) is 32.9 Å². The topological polar surface area (TPSA) is 61.4 Å². The van der Waals surface area contributed by atoms with Crippen LogP contribution in [-0.4, -0.2) is 24.1 Å². The second-order valence-electron chi connectivity index (χ2n) is 8.47. The van der Waals surface area contributed by atoms with E-state index in [0.717, 1.165) is 23.9 Å². The summed E-state index contributed by atoms with van der Waals surface area (Å²) in [5.41, 5.74) is 0.447. The molecule has 1 amide bonds. The van der Waals surface area contributed by atoms with Gasteiger partial charge in [0, 0.05) is 29.4 Å². The van der Waals surface area contributed by atoms with Crippen LogP contribution in [0.1, 0.15) is 49.2 Å². The molecule has 3 N–H and O–H groups in total. The largest absolute Gasteiger partial charge is 0.384 e. The normalized spacial score (nSPS) is 13.7. The molecule has 0 aliphatic rings. The Balaban J connectivity index is 2.12. The fraction of sp³-hybridized carbons (Fsp3) is 0.409. The van der Waals surface area contributed by atoms with Gasteiger partial charge in [-0.3, -0.25) is 4.79 Å². The molecule has 0 aromatic heterocycles. The molecule has 0 saturated heterocycles. The number of hydrogen-bond donors (Lipinski definition) is 3. The van der Waals surface area contributed by atoms with E-state index in [-0.39, 0.29) is 23.4 Å². The zero-order chi connectivity index (χ0) is 21.1. The molecule has 0 saturated carbocycles. The van der Waals surface area contributed by atoms with Gasteiger partial charge in [0.25, 0.3) is 5.91 Å². The van der Waals surface area contributed by atoms with Gasteiger partial charge in [-0.05, 0) is 43.0 Å². The van der Waals surface area contributed by atoms with Crippen molar-refractivity contribution in [2.45, 2.75) is 40.2 Å². The maximum absolute atomic E-state index is 14.0. The molecule has 2 rings (SSSR count). The Morgan fingerprint density at radius 2 is 1.75 bits per heavy atom. The summed E-state index contributed by atoms with van der Waals surface area (Å²) in [6.07, 6.45) is 0. The van der Waals surface area contributed by atoms with Gasteiger partial charge in [-0.15, -0.1) is 0 Å². The Morgan fingerprint density at radius 1 is 1.07 bits per heavy atom. The lowest BCUT2D eigenvalue weighted by Gasteiger charge is -2.25. The van der Waals surface area contributed by atoms with Crippen LogP contribution >= 0.6 is 0 Å². The first kappa shape index (κ1) is 21.8. The molecular formula is C22H28F2N2O2. The third-order valence-electron chi connectivity index (χ3n) is 4.49. The lowest BCUT2D eigenvalue weighted by atomic mass is 9.95. The Bertz CT molecular complexity index is 858. The number of benzene rings is 2. The molecule has 2 aromatic rings. The molecule has 152 valence electrons. The van der Waals surface area contributed by atoms with Crippen LogP contribution in [0.4, 0.5) is 14.5 Å². The summed E-state index contributed by atoms with van der Waals surface area (Å²) in [6.45, 7) is 10.1. The van der Waals surface area contributed by atoms with Crippen LogP contribution in [0.25, 0.3) is 0 Å². The summed E-state index contributed by atoms with van der Waals surface area (Å²) in [5, 5.41) is 16.5. The monoisotopic (exact) mass is 390 g/mol. The predicted octanol–water partition coefficient (Wildman–Crippen LogP) is 4.37. The number of carbonyl (C=O) groups excluding carboxylic acids is 1. The van der Waals surface area contributed by atoms with Crippen molar-refractivity contribution in [3.05, 3.63) is 64.7 Å². The van der Waals surface area contributed by atoms with Crippen molar-refractivity contribution in [1.82, 2.24) is 5.32 Å². The number of amides is 1. The van der Waals surface area contributed by atoms with Gasteiger partial charge < -0.3 is 15.7 Å². The summed E-state index contributed by atoms with van der Waals surface area (Å²) in [5.74, 6) is -1.96. The number of carbonyl (C=O) groups is 1. The van der Waals surface area contributed by atoms with Crippen LogP contribution in [0.5, 0.6) is 0 Å². The molecular weight excluding hydrogens is 362 g/mol. The first-order chi connectivity index (χ1) is 12.9. The van der Waals surface area contributed by atoms with Crippen LogP contribution in [0.15, 0.2) is 36.4 Å². The van der Waals surface area contributed by atoms with E-state index in [9.17, 15) is 18.7 Å². The van der Waals surface area contributed by atoms with Crippen molar-refractivity contribution in [3.63, 3.8) is 0 Å². The minimum absolute atomic E-state index is 0.0773. The first-order valence-electron chi connectivity index (χ1n) is 9.20. The van der Waals surface area contributed by atoms with E-state index in [0.29, 0.717) is 11.6 Å². The van der Waals surface area contributed by atoms with Crippen LogP contribution < -0.4 is 10.6 Å². The molecule has 0 bridgehead atoms. The number of nitrogens with one attached hydrogen (secondary N) is 2. The summed E-state index contributed by atoms with van der Waals surface area (Å²) in [6, 6.07) is 8.34. The van der Waals surface area contributed by atoms with Crippen LogP contribution in [0.2, 0.25) is 0 Å². The summed E-state index contributed by atoms with van der Waals surface area (Å²) in [7, 11) is 0. The van der Waals surface area contributed by atoms with Crippen molar-refractivity contribution in [1.29, 1.82) is 0 Å². The van der Waals surface area contributed by atoms with Gasteiger partial charge in [0.15, 0.2) is 0 Å². The molecule has 0 aliphatic heterocycles. The number of rotatable bonds is 6. The highest BCUT2D eigenvalue weighted by Crippen LogP contribution is 2.25. The molecule has 2 aromatic carbocycles. The van der Waals surface area contributed by atoms with E-state index in [1.54, 1.807) is 12.1 Å². The van der Waals surface area contributed by atoms with Crippen molar-refractivity contribution < 1.29 is 18.7 Å². The Kier molecular flexibility index (Phi) is 6.44. The quantitative estimate of drug-likeness (QED) is 0.686. The minimum atomic E-state index is -1.68. The van der Waals surface area contributed by atoms with Gasteiger partial charge in [-0.25, -0.2) is 8.78 Å². The molecule has 1 atom stereocenters. The highest BCUT2D eigenvalue weighted by Gasteiger charge is 2.28. The van der Waals surface area contributed by atoms with Crippen molar-refractivity contribution in [3.8, 4) is 0 Å². The SMILES string of the molecule is Cc1c(NCC(C)(C)C)cccc1C(=O)NCC(C)(O)c1ccc(F)cc1F. The minimum Gasteiger partial charge on any atom is -0.384 e. The maximum atomic E-state index is 14.0. The zero-order valence-electron chi connectivity index (χ0n) is 17.0. The van der Waals surface area contributed by atoms with Crippen molar-refractivity contribution in [2.24, 2.45) is 5.41 Å².